The van der Waals surface area contributed by atoms with Gasteiger partial charge in [0.15, 0.2) is 5.78 Å². The summed E-state index contributed by atoms with van der Waals surface area (Å²) in [5, 5.41) is 5.82. The number of unbranched alkanes of at least 4 members (excludes halogenated alkanes) is 2. The quantitative estimate of drug-likeness (QED) is 0.126. The van der Waals surface area contributed by atoms with Crippen LogP contribution >= 0.6 is 0 Å². The van der Waals surface area contributed by atoms with E-state index in [1.54, 1.807) is 0 Å². The first-order valence-corrected chi connectivity index (χ1v) is 12.8. The number of rotatable bonds is 17. The van der Waals surface area contributed by atoms with E-state index in [0.717, 1.165) is 18.9 Å². The van der Waals surface area contributed by atoms with E-state index in [1.165, 1.54) is 6.08 Å². The van der Waals surface area contributed by atoms with Crippen LogP contribution in [-0.4, -0.2) is 69.6 Å². The minimum atomic E-state index is -0.477. The summed E-state index contributed by atoms with van der Waals surface area (Å²) >= 11 is 0. The minimum Gasteiger partial charge on any atom is -0.463 e. The highest BCUT2D eigenvalue weighted by atomic mass is 16.6. The smallest absolute Gasteiger partial charge is 0.407 e. The van der Waals surface area contributed by atoms with Gasteiger partial charge < -0.3 is 29.6 Å². The molecular formula is C27H44N2O8. The molecule has 0 spiro atoms. The Bertz CT molecular complexity index is 782. The number of alkyl carbamates (subject to hydrolysis) is 2. The zero-order chi connectivity index (χ0) is 27.7. The minimum absolute atomic E-state index is 0.0162. The molecule has 2 unspecified atom stereocenters. The number of carbonyl (C=O) groups is 4. The van der Waals surface area contributed by atoms with Gasteiger partial charge in [0.1, 0.15) is 6.61 Å². The molecule has 2 amide bonds. The monoisotopic (exact) mass is 524 g/mol. The van der Waals surface area contributed by atoms with Crippen LogP contribution in [0.4, 0.5) is 9.59 Å². The number of hydrogen-bond acceptors (Lipinski definition) is 8. The van der Waals surface area contributed by atoms with Gasteiger partial charge in [-0.25, -0.2) is 14.4 Å². The SMILES string of the molecule is C=CC(=O)COCCCCOC(=O)NCC1(C)CC(NC(=O)OCCCCOC(=O)C=C)CC(C)(C)C1. The van der Waals surface area contributed by atoms with E-state index in [0.29, 0.717) is 45.3 Å². The molecule has 2 N–H and O–H groups in total. The van der Waals surface area contributed by atoms with Crippen molar-refractivity contribution in [2.24, 2.45) is 10.8 Å². The number of nitrogens with one attached hydrogen (secondary N) is 2. The molecule has 0 bridgehead atoms. The largest absolute Gasteiger partial charge is 0.463 e. The number of esters is 1. The fraction of sp³-hybridized carbons (Fsp3) is 0.704. The van der Waals surface area contributed by atoms with Crippen molar-refractivity contribution in [2.75, 3.05) is 39.6 Å². The molecule has 1 fully saturated rings. The summed E-state index contributed by atoms with van der Waals surface area (Å²) in [6, 6.07) is -0.0828. The van der Waals surface area contributed by atoms with Crippen LogP contribution in [0.5, 0.6) is 0 Å². The third-order valence-corrected chi connectivity index (χ3v) is 6.00. The van der Waals surface area contributed by atoms with Crippen molar-refractivity contribution in [3.63, 3.8) is 0 Å². The maximum atomic E-state index is 12.3. The summed E-state index contributed by atoms with van der Waals surface area (Å²) in [5.74, 6) is -0.630. The van der Waals surface area contributed by atoms with Crippen molar-refractivity contribution < 1.29 is 38.1 Å². The highest BCUT2D eigenvalue weighted by molar-refractivity contribution is 5.90. The van der Waals surface area contributed by atoms with E-state index in [2.05, 4.69) is 44.6 Å². The summed E-state index contributed by atoms with van der Waals surface area (Å²) < 4.78 is 20.6. The molecule has 2 atom stereocenters. The molecule has 0 aromatic heterocycles. The highest BCUT2D eigenvalue weighted by Crippen LogP contribution is 2.45. The molecule has 37 heavy (non-hydrogen) atoms. The van der Waals surface area contributed by atoms with Crippen LogP contribution in [0, 0.1) is 10.8 Å². The average molecular weight is 525 g/mol. The Labute approximate surface area is 220 Å². The van der Waals surface area contributed by atoms with Crippen molar-refractivity contribution in [3.05, 3.63) is 25.3 Å². The summed E-state index contributed by atoms with van der Waals surface area (Å²) in [4.78, 5) is 46.5. The molecule has 1 aliphatic rings. The van der Waals surface area contributed by atoms with Gasteiger partial charge in [0, 0.05) is 25.3 Å². The summed E-state index contributed by atoms with van der Waals surface area (Å²) in [6.07, 6.45) is 6.26. The van der Waals surface area contributed by atoms with E-state index in [9.17, 15) is 19.2 Å². The van der Waals surface area contributed by atoms with Crippen LogP contribution in [0.25, 0.3) is 0 Å². The summed E-state index contributed by atoms with van der Waals surface area (Å²) in [6.45, 7) is 14.7. The molecule has 210 valence electrons. The second-order valence-electron chi connectivity index (χ2n) is 10.5. The summed E-state index contributed by atoms with van der Waals surface area (Å²) in [7, 11) is 0. The predicted octanol–water partition coefficient (Wildman–Crippen LogP) is 4.09. The van der Waals surface area contributed by atoms with E-state index in [-0.39, 0.29) is 49.1 Å². The lowest BCUT2D eigenvalue weighted by Gasteiger charge is -2.46. The first-order valence-electron chi connectivity index (χ1n) is 12.8. The molecule has 0 saturated heterocycles. The van der Waals surface area contributed by atoms with Crippen molar-refractivity contribution in [3.8, 4) is 0 Å². The Morgan fingerprint density at radius 3 is 2.05 bits per heavy atom. The summed E-state index contributed by atoms with van der Waals surface area (Å²) in [5.41, 5.74) is -0.252. The van der Waals surface area contributed by atoms with Crippen molar-refractivity contribution in [2.45, 2.75) is 71.8 Å². The lowest BCUT2D eigenvalue weighted by Crippen LogP contribution is -2.50. The fourth-order valence-corrected chi connectivity index (χ4v) is 4.72. The number of ketones is 1. The van der Waals surface area contributed by atoms with Gasteiger partial charge in [-0.3, -0.25) is 4.79 Å². The maximum Gasteiger partial charge on any atom is 0.407 e. The second-order valence-corrected chi connectivity index (χ2v) is 10.5. The highest BCUT2D eigenvalue weighted by Gasteiger charge is 2.42. The molecule has 0 aromatic carbocycles. The van der Waals surface area contributed by atoms with Crippen LogP contribution in [-0.2, 0) is 28.5 Å². The lowest BCUT2D eigenvalue weighted by atomic mass is 9.62. The molecular weight excluding hydrogens is 480 g/mol. The Hall–Kier alpha value is -2.88. The third-order valence-electron chi connectivity index (χ3n) is 6.00. The van der Waals surface area contributed by atoms with E-state index in [1.807, 2.05) is 0 Å². The molecule has 10 heteroatoms. The number of ether oxygens (including phenoxy) is 4. The van der Waals surface area contributed by atoms with Gasteiger partial charge in [0.2, 0.25) is 0 Å². The first kappa shape index (κ1) is 32.1. The van der Waals surface area contributed by atoms with Gasteiger partial charge in [-0.1, -0.05) is 33.9 Å². The first-order chi connectivity index (χ1) is 17.5. The van der Waals surface area contributed by atoms with Gasteiger partial charge in [0.05, 0.1) is 19.8 Å². The standard InChI is InChI=1S/C27H44N2O8/c1-6-22(30)18-34-12-8-9-14-36-24(32)28-20-27(5)17-21(16-26(3,4)19-27)29-25(33)37-15-11-10-13-35-23(31)7-2/h6-7,21H,1-2,8-20H2,3-5H3,(H,28,32)(H,29,33). The van der Waals surface area contributed by atoms with Crippen molar-refractivity contribution in [1.82, 2.24) is 10.6 Å². The molecule has 1 rings (SSSR count). The Balaban J connectivity index is 2.32. The van der Waals surface area contributed by atoms with Gasteiger partial charge >= 0.3 is 18.2 Å². The third kappa shape index (κ3) is 15.1. The average Bonchev–Trinajstić information content (AvgIpc) is 2.82. The molecule has 1 aliphatic carbocycles. The molecule has 0 aliphatic heterocycles. The molecule has 0 radical (unpaired) electrons. The zero-order valence-electron chi connectivity index (χ0n) is 22.6. The lowest BCUT2D eigenvalue weighted by molar-refractivity contribution is -0.137. The van der Waals surface area contributed by atoms with Crippen LogP contribution in [0.3, 0.4) is 0 Å². The zero-order valence-corrected chi connectivity index (χ0v) is 22.6. The van der Waals surface area contributed by atoms with Gasteiger partial charge in [-0.15, -0.1) is 0 Å². The predicted molar refractivity (Wildman–Crippen MR) is 139 cm³/mol. The molecule has 0 heterocycles. The maximum absolute atomic E-state index is 12.3. The van der Waals surface area contributed by atoms with E-state index >= 15 is 0 Å². The second kappa shape index (κ2) is 16.8. The van der Waals surface area contributed by atoms with Crippen LogP contribution in [0.15, 0.2) is 25.3 Å². The van der Waals surface area contributed by atoms with Gasteiger partial charge in [-0.05, 0) is 61.9 Å². The Morgan fingerprint density at radius 2 is 1.43 bits per heavy atom. The number of carbonyl (C=O) groups excluding carboxylic acids is 4. The molecule has 0 aromatic rings. The van der Waals surface area contributed by atoms with Crippen LogP contribution in [0.1, 0.15) is 65.7 Å². The number of hydrogen-bond donors (Lipinski definition) is 2. The van der Waals surface area contributed by atoms with Crippen molar-refractivity contribution >= 4 is 23.9 Å². The van der Waals surface area contributed by atoms with Crippen LogP contribution in [0.2, 0.25) is 0 Å². The van der Waals surface area contributed by atoms with Gasteiger partial charge in [0.25, 0.3) is 0 Å². The fourth-order valence-electron chi connectivity index (χ4n) is 4.72. The topological polar surface area (TPSA) is 129 Å². The Kier molecular flexibility index (Phi) is 14.6. The van der Waals surface area contributed by atoms with Crippen LogP contribution < -0.4 is 10.6 Å². The number of amides is 2. The van der Waals surface area contributed by atoms with Crippen molar-refractivity contribution in [1.29, 1.82) is 0 Å². The Morgan fingerprint density at radius 1 is 0.838 bits per heavy atom. The molecule has 1 saturated carbocycles. The normalized spacial score (nSPS) is 20.2. The molecule has 10 nitrogen and oxygen atoms in total. The van der Waals surface area contributed by atoms with Gasteiger partial charge in [-0.2, -0.15) is 0 Å². The van der Waals surface area contributed by atoms with E-state index in [4.69, 9.17) is 18.9 Å². The van der Waals surface area contributed by atoms with E-state index < -0.39 is 18.2 Å².